The van der Waals surface area contributed by atoms with Crippen LogP contribution in [0.4, 0.5) is 0 Å². The molecule has 0 aliphatic carbocycles. The molecular weight excluding hydrogens is 152 g/mol. The van der Waals surface area contributed by atoms with Crippen LogP contribution in [0, 0.1) is 0 Å². The predicted molar refractivity (Wildman–Crippen MR) is 36.8 cm³/mol. The molecule has 0 aliphatic heterocycles. The average molecular weight is 155 g/mol. The Labute approximate surface area is 61.6 Å². The van der Waals surface area contributed by atoms with E-state index in [1.54, 1.807) is 18.3 Å². The van der Waals surface area contributed by atoms with Gasteiger partial charge in [0, 0.05) is 6.20 Å². The van der Waals surface area contributed by atoms with Crippen molar-refractivity contribution in [2.75, 3.05) is 0 Å². The Morgan fingerprint density at radius 2 is 2.40 bits per heavy atom. The van der Waals surface area contributed by atoms with Gasteiger partial charge in [-0.05, 0) is 12.1 Å². The third kappa shape index (κ3) is 0.675. The molecule has 0 aromatic carbocycles. The first kappa shape index (κ1) is 5.68. The zero-order chi connectivity index (χ0) is 6.97. The third-order valence-corrected chi connectivity index (χ3v) is 1.44. The molecule has 2 rings (SSSR count). The van der Waals surface area contributed by atoms with E-state index >= 15 is 0 Å². The van der Waals surface area contributed by atoms with Crippen molar-refractivity contribution in [3.63, 3.8) is 0 Å². The van der Waals surface area contributed by atoms with E-state index in [9.17, 15) is 0 Å². The Kier molecular flexibility index (Phi) is 1.11. The lowest BCUT2D eigenvalue weighted by molar-refractivity contribution is 0.457. The summed E-state index contributed by atoms with van der Waals surface area (Å²) in [5, 5.41) is 3.84. The lowest BCUT2D eigenvalue weighted by atomic mass is 10.4. The van der Waals surface area contributed by atoms with Crippen LogP contribution in [0.1, 0.15) is 0 Å². The maximum atomic E-state index is 5.61. The van der Waals surface area contributed by atoms with Gasteiger partial charge in [-0.25, -0.2) is 4.98 Å². The number of pyridine rings is 1. The Morgan fingerprint density at radius 1 is 1.50 bits per heavy atom. The molecule has 0 aliphatic rings. The molecule has 0 saturated carbocycles. The van der Waals surface area contributed by atoms with Gasteiger partial charge in [0.05, 0.1) is 0 Å². The van der Waals surface area contributed by atoms with E-state index in [-0.39, 0.29) is 0 Å². The highest BCUT2D eigenvalue weighted by Crippen LogP contribution is 2.18. The molecule has 0 unspecified atom stereocenters. The summed E-state index contributed by atoms with van der Waals surface area (Å²) in [7, 11) is 0. The molecule has 2 heterocycles. The number of halogens is 1. The van der Waals surface area contributed by atoms with Crippen molar-refractivity contribution in [1.29, 1.82) is 0 Å². The Hall–Kier alpha value is -1.09. The summed E-state index contributed by atoms with van der Waals surface area (Å²) in [5.74, 6) is 0. The summed E-state index contributed by atoms with van der Waals surface area (Å²) in [4.78, 5) is 3.95. The Balaban J connectivity index is 2.93. The summed E-state index contributed by atoms with van der Waals surface area (Å²) in [5.41, 5.74) is 1.23. The van der Waals surface area contributed by atoms with E-state index in [1.165, 1.54) is 0 Å². The van der Waals surface area contributed by atoms with E-state index in [4.69, 9.17) is 16.1 Å². The largest absolute Gasteiger partial charge is 0.353 e. The van der Waals surface area contributed by atoms with Crippen molar-refractivity contribution in [2.24, 2.45) is 0 Å². The number of hydrogen-bond acceptors (Lipinski definition) is 3. The number of fused-ring (bicyclic) bond motifs is 1. The van der Waals surface area contributed by atoms with Crippen LogP contribution in [0.2, 0.25) is 5.15 Å². The summed E-state index contributed by atoms with van der Waals surface area (Å²) in [6.07, 6.45) is 1.64. The fourth-order valence-corrected chi connectivity index (χ4v) is 0.928. The number of nitrogens with zero attached hydrogens (tertiary/aromatic N) is 2. The van der Waals surface area contributed by atoms with Crippen molar-refractivity contribution in [2.45, 2.75) is 0 Å². The SMILES string of the molecule is Clc1noc2cccnc12. The summed E-state index contributed by atoms with van der Waals surface area (Å²) in [6, 6.07) is 3.53. The van der Waals surface area contributed by atoms with Crippen LogP contribution in [-0.4, -0.2) is 10.1 Å². The second-order valence-electron chi connectivity index (χ2n) is 1.82. The second-order valence-corrected chi connectivity index (χ2v) is 2.18. The normalized spacial score (nSPS) is 10.5. The van der Waals surface area contributed by atoms with E-state index in [2.05, 4.69) is 10.1 Å². The highest BCUT2D eigenvalue weighted by molar-refractivity contribution is 6.33. The van der Waals surface area contributed by atoms with E-state index in [0.717, 1.165) is 0 Å². The number of rotatable bonds is 0. The summed E-state index contributed by atoms with van der Waals surface area (Å²) < 4.78 is 4.80. The first-order valence-corrected chi connectivity index (χ1v) is 3.11. The number of aromatic nitrogens is 2. The van der Waals surface area contributed by atoms with Gasteiger partial charge in [-0.15, -0.1) is 0 Å². The molecular formula is C6H3ClN2O. The molecule has 0 spiro atoms. The molecule has 50 valence electrons. The van der Waals surface area contributed by atoms with E-state index in [0.29, 0.717) is 16.3 Å². The van der Waals surface area contributed by atoms with Gasteiger partial charge >= 0.3 is 0 Å². The monoisotopic (exact) mass is 154 g/mol. The molecule has 0 bridgehead atoms. The van der Waals surface area contributed by atoms with Crippen molar-refractivity contribution in [3.8, 4) is 0 Å². The van der Waals surface area contributed by atoms with Crippen molar-refractivity contribution < 1.29 is 4.52 Å². The molecule has 0 radical (unpaired) electrons. The molecule has 2 aromatic heterocycles. The van der Waals surface area contributed by atoms with Crippen molar-refractivity contribution in [1.82, 2.24) is 10.1 Å². The predicted octanol–water partition coefficient (Wildman–Crippen LogP) is 1.88. The molecule has 0 saturated heterocycles. The molecule has 4 heteroatoms. The van der Waals surface area contributed by atoms with Crippen LogP contribution in [0.3, 0.4) is 0 Å². The first-order chi connectivity index (χ1) is 4.88. The smallest absolute Gasteiger partial charge is 0.198 e. The highest BCUT2D eigenvalue weighted by Gasteiger charge is 2.03. The minimum absolute atomic E-state index is 0.315. The number of hydrogen-bond donors (Lipinski definition) is 0. The summed E-state index contributed by atoms with van der Waals surface area (Å²) in [6.45, 7) is 0. The van der Waals surface area contributed by atoms with Gasteiger partial charge in [-0.2, -0.15) is 0 Å². The molecule has 2 aromatic rings. The molecule has 0 fully saturated rings. The van der Waals surface area contributed by atoms with Crippen molar-refractivity contribution >= 4 is 22.7 Å². The second kappa shape index (κ2) is 1.95. The fourth-order valence-electron chi connectivity index (χ4n) is 0.752. The van der Waals surface area contributed by atoms with Crippen LogP contribution < -0.4 is 0 Å². The molecule has 10 heavy (non-hydrogen) atoms. The van der Waals surface area contributed by atoms with E-state index in [1.807, 2.05) is 0 Å². The zero-order valence-corrected chi connectivity index (χ0v) is 5.67. The topological polar surface area (TPSA) is 38.9 Å². The van der Waals surface area contributed by atoms with Crippen molar-refractivity contribution in [3.05, 3.63) is 23.5 Å². The Morgan fingerprint density at radius 3 is 3.20 bits per heavy atom. The fraction of sp³-hybridized carbons (Fsp3) is 0. The van der Waals surface area contributed by atoms with Crippen LogP contribution in [0.5, 0.6) is 0 Å². The maximum absolute atomic E-state index is 5.61. The average Bonchev–Trinajstić information content (AvgIpc) is 2.34. The van der Waals surface area contributed by atoms with Gasteiger partial charge in [-0.1, -0.05) is 16.8 Å². The van der Waals surface area contributed by atoms with Crippen LogP contribution in [0.15, 0.2) is 22.9 Å². The third-order valence-electron chi connectivity index (χ3n) is 1.19. The molecule has 3 nitrogen and oxygen atoms in total. The van der Waals surface area contributed by atoms with Gasteiger partial charge < -0.3 is 4.52 Å². The van der Waals surface area contributed by atoms with Crippen LogP contribution in [-0.2, 0) is 0 Å². The van der Waals surface area contributed by atoms with E-state index < -0.39 is 0 Å². The first-order valence-electron chi connectivity index (χ1n) is 2.74. The molecule has 0 atom stereocenters. The minimum Gasteiger partial charge on any atom is -0.353 e. The quantitative estimate of drug-likeness (QED) is 0.582. The molecule has 0 amide bonds. The maximum Gasteiger partial charge on any atom is 0.198 e. The minimum atomic E-state index is 0.315. The van der Waals surface area contributed by atoms with Gasteiger partial charge in [0.1, 0.15) is 5.52 Å². The van der Waals surface area contributed by atoms with Gasteiger partial charge in [0.2, 0.25) is 0 Å². The van der Waals surface area contributed by atoms with Gasteiger partial charge in [0.15, 0.2) is 10.7 Å². The summed E-state index contributed by atoms with van der Waals surface area (Å²) >= 11 is 5.61. The Bertz CT molecular complexity index is 357. The van der Waals surface area contributed by atoms with Crippen LogP contribution >= 0.6 is 11.6 Å². The molecule has 0 N–H and O–H groups in total. The standard InChI is InChI=1S/C6H3ClN2O/c7-6-5-4(10-9-6)2-1-3-8-5/h1-3H. The highest BCUT2D eigenvalue weighted by atomic mass is 35.5. The van der Waals surface area contributed by atoms with Gasteiger partial charge in [-0.3, -0.25) is 0 Å². The van der Waals surface area contributed by atoms with Crippen LogP contribution in [0.25, 0.3) is 11.1 Å². The van der Waals surface area contributed by atoms with Gasteiger partial charge in [0.25, 0.3) is 0 Å². The zero-order valence-electron chi connectivity index (χ0n) is 4.91. The lowest BCUT2D eigenvalue weighted by Gasteiger charge is -1.80. The lowest BCUT2D eigenvalue weighted by Crippen LogP contribution is -1.69.